The van der Waals surface area contributed by atoms with Crippen molar-refractivity contribution in [3.8, 4) is 0 Å². The maximum atomic E-state index is 12.3. The first-order valence-corrected chi connectivity index (χ1v) is 6.24. The third-order valence-corrected chi connectivity index (χ3v) is 3.43. The van der Waals surface area contributed by atoms with Gasteiger partial charge >= 0.3 is 5.97 Å². The molecule has 6 heteroatoms. The lowest BCUT2D eigenvalue weighted by atomic mass is 9.96. The Labute approximate surface area is 110 Å². The van der Waals surface area contributed by atoms with Crippen molar-refractivity contribution in [3.63, 3.8) is 0 Å². The van der Waals surface area contributed by atoms with Crippen molar-refractivity contribution < 1.29 is 24.2 Å². The molecule has 1 aromatic heterocycles. The van der Waals surface area contributed by atoms with Crippen LogP contribution in [0.2, 0.25) is 0 Å². The van der Waals surface area contributed by atoms with Gasteiger partial charge in [0.25, 0.3) is 5.91 Å². The maximum absolute atomic E-state index is 12.3. The second-order valence-electron chi connectivity index (χ2n) is 4.91. The number of aliphatic hydroxyl groups is 1. The van der Waals surface area contributed by atoms with Crippen LogP contribution < -0.4 is 0 Å². The van der Waals surface area contributed by atoms with Gasteiger partial charge in [0.2, 0.25) is 0 Å². The molecule has 0 radical (unpaired) electrons. The molecule has 1 amide bonds. The molecule has 0 aromatic carbocycles. The summed E-state index contributed by atoms with van der Waals surface area (Å²) in [5.74, 6) is -1.07. The molecule has 1 aliphatic rings. The lowest BCUT2D eigenvalue weighted by Crippen LogP contribution is -2.45. The van der Waals surface area contributed by atoms with Crippen LogP contribution in [0.1, 0.15) is 29.5 Å². The Hall–Kier alpha value is -1.82. The van der Waals surface area contributed by atoms with E-state index in [-0.39, 0.29) is 30.1 Å². The number of carbonyl (C=O) groups excluding carboxylic acids is 1. The van der Waals surface area contributed by atoms with E-state index < -0.39 is 5.97 Å². The highest BCUT2D eigenvalue weighted by atomic mass is 16.4. The van der Waals surface area contributed by atoms with Crippen LogP contribution in [0.3, 0.4) is 0 Å². The minimum atomic E-state index is -1.04. The number of likely N-dealkylation sites (tertiary alicyclic amines) is 1. The fraction of sp³-hybridized carbons (Fsp3) is 0.538. The second-order valence-corrected chi connectivity index (χ2v) is 4.91. The summed E-state index contributed by atoms with van der Waals surface area (Å²) < 4.78 is 5.06. The Bertz CT molecular complexity index is 481. The summed E-state index contributed by atoms with van der Waals surface area (Å²) in [6.45, 7) is 2.83. The molecule has 2 atom stereocenters. The quantitative estimate of drug-likeness (QED) is 0.843. The number of carbonyl (C=O) groups is 2. The van der Waals surface area contributed by atoms with Gasteiger partial charge in [0, 0.05) is 13.1 Å². The Morgan fingerprint density at radius 3 is 2.89 bits per heavy atom. The van der Waals surface area contributed by atoms with Crippen molar-refractivity contribution in [1.29, 1.82) is 0 Å². The molecule has 0 aliphatic carbocycles. The van der Waals surface area contributed by atoms with Crippen molar-refractivity contribution in [3.05, 3.63) is 23.7 Å². The number of carboxylic acid groups (broad SMARTS) is 1. The van der Waals surface area contributed by atoms with Gasteiger partial charge in [-0.15, -0.1) is 0 Å². The second kappa shape index (κ2) is 5.44. The van der Waals surface area contributed by atoms with E-state index in [9.17, 15) is 14.7 Å². The smallest absolute Gasteiger partial charge is 0.311 e. The Morgan fingerprint density at radius 1 is 1.53 bits per heavy atom. The largest absolute Gasteiger partial charge is 0.481 e. The molecule has 0 spiro atoms. The van der Waals surface area contributed by atoms with Gasteiger partial charge in [0.05, 0.1) is 17.9 Å². The van der Waals surface area contributed by atoms with Crippen LogP contribution in [-0.2, 0) is 11.2 Å². The monoisotopic (exact) mass is 267 g/mol. The molecular formula is C13H17NO5. The summed E-state index contributed by atoms with van der Waals surface area (Å²) in [5.41, 5.74) is 0.297. The number of rotatable bonds is 3. The molecule has 0 bridgehead atoms. The van der Waals surface area contributed by atoms with Crippen LogP contribution in [0.25, 0.3) is 0 Å². The molecule has 1 saturated heterocycles. The standard InChI is InChI=1S/C13H17NO5/c1-8-7-14(4-2-10(8)15)13(18)9-3-5-19-11(9)6-12(16)17/h3,5,8,10,15H,2,4,6-7H2,1H3,(H,16,17). The van der Waals surface area contributed by atoms with Crippen LogP contribution in [0.15, 0.2) is 16.7 Å². The lowest BCUT2D eigenvalue weighted by Gasteiger charge is -2.34. The zero-order valence-corrected chi connectivity index (χ0v) is 10.7. The van der Waals surface area contributed by atoms with E-state index in [4.69, 9.17) is 9.52 Å². The number of aliphatic hydroxyl groups excluding tert-OH is 1. The number of hydrogen-bond acceptors (Lipinski definition) is 4. The van der Waals surface area contributed by atoms with E-state index in [1.807, 2.05) is 6.92 Å². The van der Waals surface area contributed by atoms with E-state index in [0.29, 0.717) is 25.1 Å². The molecular weight excluding hydrogens is 250 g/mol. The number of furan rings is 1. The van der Waals surface area contributed by atoms with E-state index in [1.165, 1.54) is 12.3 Å². The van der Waals surface area contributed by atoms with Crippen molar-refractivity contribution in [1.82, 2.24) is 4.90 Å². The van der Waals surface area contributed by atoms with Gasteiger partial charge in [0.15, 0.2) is 0 Å². The van der Waals surface area contributed by atoms with Gasteiger partial charge in [-0.1, -0.05) is 6.92 Å². The number of nitrogens with zero attached hydrogens (tertiary/aromatic N) is 1. The van der Waals surface area contributed by atoms with E-state index in [1.54, 1.807) is 4.90 Å². The summed E-state index contributed by atoms with van der Waals surface area (Å²) in [6.07, 6.45) is 1.18. The van der Waals surface area contributed by atoms with Crippen molar-refractivity contribution >= 4 is 11.9 Å². The van der Waals surface area contributed by atoms with Crippen LogP contribution in [0.5, 0.6) is 0 Å². The number of hydrogen-bond donors (Lipinski definition) is 2. The Kier molecular flexibility index (Phi) is 3.90. The molecule has 1 aliphatic heterocycles. The van der Waals surface area contributed by atoms with Gasteiger partial charge in [0.1, 0.15) is 12.2 Å². The first-order chi connectivity index (χ1) is 8.99. The molecule has 2 unspecified atom stereocenters. The molecule has 6 nitrogen and oxygen atoms in total. The highest BCUT2D eigenvalue weighted by molar-refractivity contribution is 5.96. The Morgan fingerprint density at radius 2 is 2.26 bits per heavy atom. The Balaban J connectivity index is 2.11. The minimum Gasteiger partial charge on any atom is -0.481 e. The third-order valence-electron chi connectivity index (χ3n) is 3.43. The molecule has 1 fully saturated rings. The number of aliphatic carboxylic acids is 1. The average molecular weight is 267 g/mol. The summed E-state index contributed by atoms with van der Waals surface area (Å²) in [6, 6.07) is 1.50. The summed E-state index contributed by atoms with van der Waals surface area (Å²) in [5, 5.41) is 18.4. The highest BCUT2D eigenvalue weighted by Gasteiger charge is 2.29. The first kappa shape index (κ1) is 13.6. The number of carboxylic acids is 1. The highest BCUT2D eigenvalue weighted by Crippen LogP contribution is 2.21. The molecule has 2 rings (SSSR count). The minimum absolute atomic E-state index is 0.0209. The SMILES string of the molecule is CC1CN(C(=O)c2ccoc2CC(=O)O)CCC1O. The number of piperidine rings is 1. The lowest BCUT2D eigenvalue weighted by molar-refractivity contribution is -0.136. The predicted octanol–water partition coefficient (Wildman–Crippen LogP) is 0.750. The maximum Gasteiger partial charge on any atom is 0.311 e. The average Bonchev–Trinajstić information content (AvgIpc) is 2.79. The van der Waals surface area contributed by atoms with Gasteiger partial charge in [-0.05, 0) is 18.4 Å². The summed E-state index contributed by atoms with van der Waals surface area (Å²) in [4.78, 5) is 24.6. The molecule has 104 valence electrons. The third kappa shape index (κ3) is 2.96. The fourth-order valence-electron chi connectivity index (χ4n) is 2.29. The van der Waals surface area contributed by atoms with E-state index >= 15 is 0 Å². The van der Waals surface area contributed by atoms with Crippen LogP contribution >= 0.6 is 0 Å². The van der Waals surface area contributed by atoms with Crippen molar-refractivity contribution in [2.75, 3.05) is 13.1 Å². The zero-order chi connectivity index (χ0) is 14.0. The van der Waals surface area contributed by atoms with Crippen molar-refractivity contribution in [2.45, 2.75) is 25.9 Å². The van der Waals surface area contributed by atoms with E-state index in [2.05, 4.69) is 0 Å². The van der Waals surface area contributed by atoms with Crippen LogP contribution in [-0.4, -0.2) is 46.2 Å². The molecule has 1 aromatic rings. The molecule has 2 N–H and O–H groups in total. The summed E-state index contributed by atoms with van der Waals surface area (Å²) in [7, 11) is 0. The predicted molar refractivity (Wildman–Crippen MR) is 65.7 cm³/mol. The molecule has 0 saturated carbocycles. The van der Waals surface area contributed by atoms with Gasteiger partial charge in [-0.3, -0.25) is 9.59 Å². The van der Waals surface area contributed by atoms with Gasteiger partial charge in [-0.25, -0.2) is 0 Å². The van der Waals surface area contributed by atoms with Gasteiger partial charge in [-0.2, -0.15) is 0 Å². The fourth-order valence-corrected chi connectivity index (χ4v) is 2.29. The topological polar surface area (TPSA) is 91.0 Å². The molecule has 19 heavy (non-hydrogen) atoms. The molecule has 2 heterocycles. The summed E-state index contributed by atoms with van der Waals surface area (Å²) >= 11 is 0. The van der Waals surface area contributed by atoms with Crippen molar-refractivity contribution in [2.24, 2.45) is 5.92 Å². The van der Waals surface area contributed by atoms with E-state index in [0.717, 1.165) is 0 Å². The number of amides is 1. The normalized spacial score (nSPS) is 23.4. The zero-order valence-electron chi connectivity index (χ0n) is 10.7. The van der Waals surface area contributed by atoms with Gasteiger partial charge < -0.3 is 19.5 Å². The van der Waals surface area contributed by atoms with Crippen LogP contribution in [0, 0.1) is 5.92 Å². The van der Waals surface area contributed by atoms with Crippen LogP contribution in [0.4, 0.5) is 0 Å². The first-order valence-electron chi connectivity index (χ1n) is 6.24.